The predicted molar refractivity (Wildman–Crippen MR) is 75.6 cm³/mol. The lowest BCUT2D eigenvalue weighted by Gasteiger charge is -2.15. The highest BCUT2D eigenvalue weighted by Gasteiger charge is 2.20. The summed E-state index contributed by atoms with van der Waals surface area (Å²) in [5.41, 5.74) is 2.95. The Morgan fingerprint density at radius 2 is 2.15 bits per heavy atom. The number of amides is 1. The van der Waals surface area contributed by atoms with Gasteiger partial charge in [0.05, 0.1) is 29.2 Å². The molecule has 0 aromatic carbocycles. The van der Waals surface area contributed by atoms with Gasteiger partial charge >= 0.3 is 0 Å². The van der Waals surface area contributed by atoms with E-state index < -0.39 is 0 Å². The van der Waals surface area contributed by atoms with Crippen LogP contribution in [0.4, 0.5) is 5.69 Å². The zero-order valence-electron chi connectivity index (χ0n) is 12.0. The monoisotopic (exact) mass is 274 g/mol. The number of nitrogens with one attached hydrogen (secondary N) is 2. The molecule has 2 aromatic rings. The number of rotatable bonds is 4. The molecule has 106 valence electrons. The number of carbonyl (C=O) groups excluding carboxylic acids is 1. The molecule has 0 fully saturated rings. The summed E-state index contributed by atoms with van der Waals surface area (Å²) < 4.78 is 5.12. The molecular formula is C14H18N4O2. The number of carbonyl (C=O) groups is 1. The van der Waals surface area contributed by atoms with Crippen molar-refractivity contribution in [3.63, 3.8) is 0 Å². The molecule has 0 aliphatic heterocycles. The molecule has 0 bridgehead atoms. The number of pyridine rings is 1. The second-order valence-electron chi connectivity index (χ2n) is 4.60. The summed E-state index contributed by atoms with van der Waals surface area (Å²) in [6.07, 6.45) is 3.21. The molecule has 2 N–H and O–H groups in total. The van der Waals surface area contributed by atoms with Crippen LogP contribution in [-0.4, -0.2) is 23.1 Å². The Labute approximate surface area is 117 Å². The van der Waals surface area contributed by atoms with Crippen molar-refractivity contribution in [3.05, 3.63) is 41.0 Å². The summed E-state index contributed by atoms with van der Waals surface area (Å²) in [5.74, 6) is 0.558. The number of aryl methyl sites for hydroxylation is 2. The molecule has 2 aromatic heterocycles. The van der Waals surface area contributed by atoms with E-state index in [1.165, 1.54) is 0 Å². The Hall–Kier alpha value is -2.37. The average molecular weight is 274 g/mol. The highest BCUT2D eigenvalue weighted by atomic mass is 16.5. The van der Waals surface area contributed by atoms with Gasteiger partial charge in [-0.1, -0.05) is 5.16 Å². The van der Waals surface area contributed by atoms with Crippen LogP contribution in [0, 0.1) is 13.8 Å². The summed E-state index contributed by atoms with van der Waals surface area (Å²) in [4.78, 5) is 16.3. The molecule has 0 radical (unpaired) electrons. The minimum absolute atomic E-state index is 0.163. The van der Waals surface area contributed by atoms with Crippen LogP contribution in [-0.2, 0) is 0 Å². The van der Waals surface area contributed by atoms with Crippen LogP contribution < -0.4 is 10.6 Å². The van der Waals surface area contributed by atoms with Crippen molar-refractivity contribution in [2.75, 3.05) is 12.4 Å². The fraction of sp³-hybridized carbons (Fsp3) is 0.357. The lowest BCUT2D eigenvalue weighted by molar-refractivity contribution is 0.0940. The van der Waals surface area contributed by atoms with Crippen LogP contribution in [0.2, 0.25) is 0 Å². The first-order chi connectivity index (χ1) is 9.54. The normalized spacial score (nSPS) is 12.0. The van der Waals surface area contributed by atoms with Crippen molar-refractivity contribution < 1.29 is 9.32 Å². The van der Waals surface area contributed by atoms with Crippen molar-refractivity contribution in [2.45, 2.75) is 26.8 Å². The predicted octanol–water partition coefficient (Wildman–Crippen LogP) is 2.22. The van der Waals surface area contributed by atoms with Crippen LogP contribution in [0.3, 0.4) is 0 Å². The molecule has 1 atom stereocenters. The Morgan fingerprint density at radius 3 is 2.75 bits per heavy atom. The van der Waals surface area contributed by atoms with E-state index in [1.54, 1.807) is 25.5 Å². The van der Waals surface area contributed by atoms with Crippen molar-refractivity contribution in [2.24, 2.45) is 0 Å². The van der Waals surface area contributed by atoms with Gasteiger partial charge in [-0.3, -0.25) is 9.78 Å². The van der Waals surface area contributed by atoms with Gasteiger partial charge < -0.3 is 15.2 Å². The molecule has 2 rings (SSSR count). The molecule has 0 spiro atoms. The van der Waals surface area contributed by atoms with E-state index in [-0.39, 0.29) is 11.9 Å². The van der Waals surface area contributed by atoms with Crippen LogP contribution in [0.5, 0.6) is 0 Å². The smallest absolute Gasteiger partial charge is 0.253 e. The topological polar surface area (TPSA) is 80.0 Å². The molecule has 6 nitrogen and oxygen atoms in total. The summed E-state index contributed by atoms with van der Waals surface area (Å²) in [5, 5.41) is 9.80. The second kappa shape index (κ2) is 5.73. The minimum Gasteiger partial charge on any atom is -0.386 e. The van der Waals surface area contributed by atoms with Gasteiger partial charge in [-0.2, -0.15) is 0 Å². The zero-order valence-corrected chi connectivity index (χ0v) is 12.0. The first kappa shape index (κ1) is 14.0. The van der Waals surface area contributed by atoms with Gasteiger partial charge in [0.15, 0.2) is 0 Å². The quantitative estimate of drug-likeness (QED) is 0.893. The number of hydrogen-bond donors (Lipinski definition) is 2. The first-order valence-corrected chi connectivity index (χ1v) is 6.40. The fourth-order valence-corrected chi connectivity index (χ4v) is 2.25. The molecule has 0 saturated heterocycles. The third-order valence-corrected chi connectivity index (χ3v) is 3.20. The maximum absolute atomic E-state index is 12.3. The van der Waals surface area contributed by atoms with Crippen molar-refractivity contribution in [3.8, 4) is 0 Å². The number of aromatic nitrogens is 2. The lowest BCUT2D eigenvalue weighted by atomic mass is 10.1. The van der Waals surface area contributed by atoms with Gasteiger partial charge in [0.25, 0.3) is 5.91 Å². The van der Waals surface area contributed by atoms with Crippen LogP contribution in [0.1, 0.15) is 40.3 Å². The highest BCUT2D eigenvalue weighted by Crippen LogP contribution is 2.22. The highest BCUT2D eigenvalue weighted by molar-refractivity contribution is 5.99. The third-order valence-electron chi connectivity index (χ3n) is 3.20. The largest absolute Gasteiger partial charge is 0.386 e. The SMILES string of the molecule is CNc1cnccc1C(=O)NC(C)c1c(C)noc1C. The lowest BCUT2D eigenvalue weighted by Crippen LogP contribution is -2.28. The second-order valence-corrected chi connectivity index (χ2v) is 4.60. The van der Waals surface area contributed by atoms with E-state index in [4.69, 9.17) is 4.52 Å². The molecule has 2 heterocycles. The van der Waals surface area contributed by atoms with Gasteiger partial charge in [-0.25, -0.2) is 0 Å². The minimum atomic E-state index is -0.174. The zero-order chi connectivity index (χ0) is 14.7. The van der Waals surface area contributed by atoms with Gasteiger partial charge in [-0.05, 0) is 26.8 Å². The summed E-state index contributed by atoms with van der Waals surface area (Å²) in [6.45, 7) is 5.61. The van der Waals surface area contributed by atoms with Gasteiger partial charge in [-0.15, -0.1) is 0 Å². The Kier molecular flexibility index (Phi) is 4.02. The standard InChI is InChI=1S/C14H18N4O2/c1-8(13-9(2)18-20-10(13)3)17-14(19)11-5-6-16-7-12(11)15-4/h5-8,15H,1-4H3,(H,17,19). The van der Waals surface area contributed by atoms with E-state index in [2.05, 4.69) is 20.8 Å². The Balaban J connectivity index is 2.20. The summed E-state index contributed by atoms with van der Waals surface area (Å²) >= 11 is 0. The number of nitrogens with zero attached hydrogens (tertiary/aromatic N) is 2. The van der Waals surface area contributed by atoms with E-state index in [1.807, 2.05) is 20.8 Å². The first-order valence-electron chi connectivity index (χ1n) is 6.40. The fourth-order valence-electron chi connectivity index (χ4n) is 2.25. The van der Waals surface area contributed by atoms with Crippen LogP contribution in [0.15, 0.2) is 23.0 Å². The maximum Gasteiger partial charge on any atom is 0.253 e. The third kappa shape index (κ3) is 2.64. The molecule has 6 heteroatoms. The molecule has 0 aliphatic rings. The summed E-state index contributed by atoms with van der Waals surface area (Å²) in [7, 11) is 1.76. The molecular weight excluding hydrogens is 256 g/mol. The van der Waals surface area contributed by atoms with Crippen molar-refractivity contribution in [1.82, 2.24) is 15.5 Å². The van der Waals surface area contributed by atoms with Crippen LogP contribution in [0.25, 0.3) is 0 Å². The molecule has 1 amide bonds. The Bertz CT molecular complexity index is 602. The number of anilines is 1. The van der Waals surface area contributed by atoms with E-state index >= 15 is 0 Å². The van der Waals surface area contributed by atoms with Gasteiger partial charge in [0.1, 0.15) is 5.76 Å². The maximum atomic E-state index is 12.3. The molecule has 20 heavy (non-hydrogen) atoms. The van der Waals surface area contributed by atoms with Crippen molar-refractivity contribution in [1.29, 1.82) is 0 Å². The van der Waals surface area contributed by atoms with E-state index in [0.717, 1.165) is 17.0 Å². The molecule has 1 unspecified atom stereocenters. The Morgan fingerprint density at radius 1 is 1.40 bits per heavy atom. The molecule has 0 saturated carbocycles. The van der Waals surface area contributed by atoms with E-state index in [0.29, 0.717) is 11.3 Å². The van der Waals surface area contributed by atoms with Crippen molar-refractivity contribution >= 4 is 11.6 Å². The van der Waals surface area contributed by atoms with Gasteiger partial charge in [0.2, 0.25) is 0 Å². The molecule has 0 aliphatic carbocycles. The number of hydrogen-bond acceptors (Lipinski definition) is 5. The average Bonchev–Trinajstić information content (AvgIpc) is 2.78. The van der Waals surface area contributed by atoms with Gasteiger partial charge in [0, 0.05) is 18.8 Å². The van der Waals surface area contributed by atoms with Crippen LogP contribution >= 0.6 is 0 Å². The summed E-state index contributed by atoms with van der Waals surface area (Å²) in [6, 6.07) is 1.51. The van der Waals surface area contributed by atoms with E-state index in [9.17, 15) is 4.79 Å².